The molecule has 2 aliphatic rings. The van der Waals surface area contributed by atoms with Gasteiger partial charge in [0.05, 0.1) is 0 Å². The first-order valence-electron chi connectivity index (χ1n) is 5.05. The van der Waals surface area contributed by atoms with Crippen LogP contribution in [0.25, 0.3) is 0 Å². The lowest BCUT2D eigenvalue weighted by molar-refractivity contribution is -0.277. The van der Waals surface area contributed by atoms with E-state index in [0.29, 0.717) is 12.8 Å². The number of halogens is 3. The van der Waals surface area contributed by atoms with Gasteiger partial charge in [-0.25, -0.2) is 4.79 Å². The highest BCUT2D eigenvalue weighted by molar-refractivity contribution is 5.66. The molecule has 0 radical (unpaired) electrons. The molecule has 0 spiro atoms. The van der Waals surface area contributed by atoms with Gasteiger partial charge >= 0.3 is 12.3 Å². The van der Waals surface area contributed by atoms with Gasteiger partial charge in [-0.05, 0) is 12.8 Å². The average molecular weight is 239 g/mol. The summed E-state index contributed by atoms with van der Waals surface area (Å²) in [6.07, 6.45) is -6.17. The molecule has 2 fully saturated rings. The highest BCUT2D eigenvalue weighted by Gasteiger charge is 2.61. The van der Waals surface area contributed by atoms with Crippen LogP contribution in [0.5, 0.6) is 0 Å². The van der Waals surface area contributed by atoms with E-state index in [4.69, 9.17) is 5.11 Å². The van der Waals surface area contributed by atoms with Gasteiger partial charge < -0.3 is 15.1 Å². The first-order valence-corrected chi connectivity index (χ1v) is 5.05. The zero-order chi connectivity index (χ0) is 12.1. The summed E-state index contributed by atoms with van der Waals surface area (Å²) in [5, 5.41) is 18.4. The lowest BCUT2D eigenvalue weighted by Crippen LogP contribution is -2.58. The number of rotatable bonds is 0. The lowest BCUT2D eigenvalue weighted by atomic mass is 9.86. The number of aliphatic hydroxyl groups is 1. The molecule has 2 heterocycles. The van der Waals surface area contributed by atoms with Crippen LogP contribution in [-0.2, 0) is 0 Å². The fourth-order valence-corrected chi connectivity index (χ4v) is 2.77. The summed E-state index contributed by atoms with van der Waals surface area (Å²) in [5.41, 5.74) is -2.72. The van der Waals surface area contributed by atoms with Crippen LogP contribution in [0.4, 0.5) is 18.0 Å². The summed E-state index contributed by atoms with van der Waals surface area (Å²) in [6, 6.07) is -1.41. The smallest absolute Gasteiger partial charge is 0.417 e. The first-order chi connectivity index (χ1) is 7.24. The Balaban J connectivity index is 2.22. The van der Waals surface area contributed by atoms with Crippen molar-refractivity contribution in [1.29, 1.82) is 0 Å². The van der Waals surface area contributed by atoms with E-state index in [-0.39, 0.29) is 0 Å². The van der Waals surface area contributed by atoms with E-state index >= 15 is 0 Å². The van der Waals surface area contributed by atoms with E-state index in [1.807, 2.05) is 0 Å². The molecule has 2 aliphatic heterocycles. The SMILES string of the molecule is O=C(O)N1[C@@H]2CC[C@H]1C[C@](O)(C(F)(F)F)C2. The Morgan fingerprint density at radius 2 is 1.69 bits per heavy atom. The number of carbonyl (C=O) groups is 1. The third-order valence-electron chi connectivity index (χ3n) is 3.52. The topological polar surface area (TPSA) is 60.8 Å². The second-order valence-electron chi connectivity index (χ2n) is 4.51. The number of piperidine rings is 1. The van der Waals surface area contributed by atoms with Gasteiger partial charge in [0.2, 0.25) is 0 Å². The molecule has 0 aromatic rings. The molecule has 4 nitrogen and oxygen atoms in total. The molecule has 92 valence electrons. The van der Waals surface area contributed by atoms with Gasteiger partial charge in [-0.2, -0.15) is 13.2 Å². The highest BCUT2D eigenvalue weighted by Crippen LogP contribution is 2.47. The minimum absolute atomic E-state index is 0.398. The van der Waals surface area contributed by atoms with Crippen LogP contribution in [-0.4, -0.2) is 45.1 Å². The van der Waals surface area contributed by atoms with Crippen LogP contribution in [0.1, 0.15) is 25.7 Å². The summed E-state index contributed by atoms with van der Waals surface area (Å²) in [7, 11) is 0. The summed E-state index contributed by atoms with van der Waals surface area (Å²) >= 11 is 0. The number of hydrogen-bond acceptors (Lipinski definition) is 2. The number of alkyl halides is 3. The zero-order valence-corrected chi connectivity index (χ0v) is 8.37. The van der Waals surface area contributed by atoms with Gasteiger partial charge in [0.1, 0.15) is 0 Å². The third kappa shape index (κ3) is 1.53. The molecule has 1 amide bonds. The van der Waals surface area contributed by atoms with Crippen LogP contribution >= 0.6 is 0 Å². The van der Waals surface area contributed by atoms with Crippen molar-refractivity contribution in [1.82, 2.24) is 4.90 Å². The van der Waals surface area contributed by atoms with Gasteiger partial charge in [0.25, 0.3) is 0 Å². The third-order valence-corrected chi connectivity index (χ3v) is 3.52. The zero-order valence-electron chi connectivity index (χ0n) is 8.37. The first kappa shape index (κ1) is 11.5. The Hall–Kier alpha value is -0.980. The molecule has 0 aromatic heterocycles. The van der Waals surface area contributed by atoms with Crippen molar-refractivity contribution in [3.8, 4) is 0 Å². The number of fused-ring (bicyclic) bond motifs is 2. The summed E-state index contributed by atoms with van der Waals surface area (Å²) in [6.45, 7) is 0. The fraction of sp³-hybridized carbons (Fsp3) is 0.889. The van der Waals surface area contributed by atoms with E-state index in [0.717, 1.165) is 4.90 Å². The largest absolute Gasteiger partial charge is 0.465 e. The Labute approximate surface area is 89.7 Å². The molecule has 0 saturated carbocycles. The molecule has 2 rings (SSSR count). The highest BCUT2D eigenvalue weighted by atomic mass is 19.4. The van der Waals surface area contributed by atoms with E-state index in [9.17, 15) is 23.1 Å². The summed E-state index contributed by atoms with van der Waals surface area (Å²) in [5.74, 6) is 0. The summed E-state index contributed by atoms with van der Waals surface area (Å²) in [4.78, 5) is 11.9. The van der Waals surface area contributed by atoms with Gasteiger partial charge in [-0.1, -0.05) is 0 Å². The Kier molecular flexibility index (Phi) is 2.34. The number of carboxylic acid groups (broad SMARTS) is 1. The van der Waals surface area contributed by atoms with E-state index < -0.39 is 42.8 Å². The standard InChI is InChI=1S/C9H12F3NO3/c10-9(11,12)8(16)3-5-1-2-6(4-8)13(5)7(14)15/h5-6,16H,1-4H2,(H,14,15)/t5-,6+,8+. The van der Waals surface area contributed by atoms with Crippen molar-refractivity contribution in [2.24, 2.45) is 0 Å². The predicted molar refractivity (Wildman–Crippen MR) is 46.9 cm³/mol. The minimum atomic E-state index is -4.68. The minimum Gasteiger partial charge on any atom is -0.465 e. The molecular formula is C9H12F3NO3. The number of nitrogens with zero attached hydrogens (tertiary/aromatic N) is 1. The van der Waals surface area contributed by atoms with E-state index in [2.05, 4.69) is 0 Å². The lowest BCUT2D eigenvalue weighted by Gasteiger charge is -2.43. The normalized spacial score (nSPS) is 38.9. The van der Waals surface area contributed by atoms with Gasteiger partial charge in [0.15, 0.2) is 5.60 Å². The van der Waals surface area contributed by atoms with Crippen molar-refractivity contribution in [3.63, 3.8) is 0 Å². The quantitative estimate of drug-likeness (QED) is 0.674. The second kappa shape index (κ2) is 3.26. The maximum absolute atomic E-state index is 12.6. The van der Waals surface area contributed by atoms with Crippen LogP contribution in [0.15, 0.2) is 0 Å². The molecule has 2 saturated heterocycles. The van der Waals surface area contributed by atoms with Gasteiger partial charge in [0, 0.05) is 24.9 Å². The maximum Gasteiger partial charge on any atom is 0.417 e. The molecular weight excluding hydrogens is 227 g/mol. The van der Waals surface area contributed by atoms with Crippen LogP contribution in [0, 0.1) is 0 Å². The molecule has 0 aromatic carbocycles. The van der Waals surface area contributed by atoms with Gasteiger partial charge in [-0.3, -0.25) is 0 Å². The Bertz CT molecular complexity index is 304. The molecule has 7 heteroatoms. The van der Waals surface area contributed by atoms with Gasteiger partial charge in [-0.15, -0.1) is 0 Å². The molecule has 16 heavy (non-hydrogen) atoms. The monoisotopic (exact) mass is 239 g/mol. The molecule has 2 N–H and O–H groups in total. The van der Waals surface area contributed by atoms with Crippen molar-refractivity contribution in [3.05, 3.63) is 0 Å². The Morgan fingerprint density at radius 1 is 1.25 bits per heavy atom. The van der Waals surface area contributed by atoms with Crippen LogP contribution in [0.2, 0.25) is 0 Å². The summed E-state index contributed by atoms with van der Waals surface area (Å²) < 4.78 is 37.8. The van der Waals surface area contributed by atoms with E-state index in [1.165, 1.54) is 0 Å². The molecule has 0 unspecified atom stereocenters. The van der Waals surface area contributed by atoms with Crippen molar-refractivity contribution in [2.45, 2.75) is 49.5 Å². The number of amides is 1. The van der Waals surface area contributed by atoms with Crippen molar-refractivity contribution in [2.75, 3.05) is 0 Å². The molecule has 0 aliphatic carbocycles. The van der Waals surface area contributed by atoms with Crippen molar-refractivity contribution < 1.29 is 28.2 Å². The van der Waals surface area contributed by atoms with E-state index in [1.54, 1.807) is 0 Å². The van der Waals surface area contributed by atoms with Crippen LogP contribution in [0.3, 0.4) is 0 Å². The fourth-order valence-electron chi connectivity index (χ4n) is 2.77. The Morgan fingerprint density at radius 3 is 2.00 bits per heavy atom. The molecule has 3 atom stereocenters. The predicted octanol–water partition coefficient (Wildman–Crippen LogP) is 1.58. The molecule has 2 bridgehead atoms. The van der Waals surface area contributed by atoms with Crippen molar-refractivity contribution >= 4 is 6.09 Å². The number of hydrogen-bond donors (Lipinski definition) is 2. The maximum atomic E-state index is 12.6. The second-order valence-corrected chi connectivity index (χ2v) is 4.51. The van der Waals surface area contributed by atoms with Crippen LogP contribution < -0.4 is 0 Å². The average Bonchev–Trinajstić information content (AvgIpc) is 2.37.